The molecule has 3 aromatic carbocycles. The second kappa shape index (κ2) is 14.4. The molecule has 3 fully saturated rings. The van der Waals surface area contributed by atoms with Crippen LogP contribution >= 0.6 is 11.6 Å². The van der Waals surface area contributed by atoms with E-state index in [1.165, 1.54) is 17.0 Å². The Labute approximate surface area is 312 Å². The molecule has 0 radical (unpaired) electrons. The van der Waals surface area contributed by atoms with E-state index >= 15 is 0 Å². The number of rotatable bonds is 9. The number of benzene rings is 3. The van der Waals surface area contributed by atoms with Crippen LogP contribution in [-0.4, -0.2) is 81.4 Å². The summed E-state index contributed by atoms with van der Waals surface area (Å²) in [5, 5.41) is 9.10. The van der Waals surface area contributed by atoms with Crippen molar-refractivity contribution < 1.29 is 36.7 Å². The molecule has 54 heavy (non-hydrogen) atoms. The first-order valence-electron chi connectivity index (χ1n) is 17.2. The molecule has 1 saturated carbocycles. The van der Waals surface area contributed by atoms with E-state index in [9.17, 15) is 31.9 Å². The number of hydrogen-bond donors (Lipinski definition) is 3. The van der Waals surface area contributed by atoms with Gasteiger partial charge in [-0.1, -0.05) is 29.8 Å². The molecule has 4 aromatic rings. The highest BCUT2D eigenvalue weighted by atomic mass is 35.5. The largest absolute Gasteiger partial charge is 0.454 e. The third-order valence-corrected chi connectivity index (χ3v) is 10.1. The Kier molecular flexibility index (Phi) is 9.81. The zero-order valence-electron chi connectivity index (χ0n) is 29.0. The molecule has 3 amide bonds. The van der Waals surface area contributed by atoms with Gasteiger partial charge in [0.1, 0.15) is 5.82 Å². The number of carbonyl (C=O) groups is 3. The Bertz CT molecular complexity index is 2080. The van der Waals surface area contributed by atoms with Gasteiger partial charge in [0.2, 0.25) is 11.9 Å². The number of aromatic nitrogens is 3. The van der Waals surface area contributed by atoms with Crippen LogP contribution in [0, 0.1) is 18.2 Å². The summed E-state index contributed by atoms with van der Waals surface area (Å²) < 4.78 is 58.0. The number of nitrogens with one attached hydrogen (secondary N) is 3. The van der Waals surface area contributed by atoms with E-state index in [1.54, 1.807) is 54.3 Å². The van der Waals surface area contributed by atoms with E-state index in [4.69, 9.17) is 16.3 Å². The van der Waals surface area contributed by atoms with Gasteiger partial charge >= 0.3 is 24.0 Å². The van der Waals surface area contributed by atoms with E-state index in [0.717, 1.165) is 18.4 Å². The number of carbonyl (C=O) groups excluding carboxylic acids is 3. The van der Waals surface area contributed by atoms with Crippen molar-refractivity contribution in [3.8, 4) is 6.01 Å². The predicted octanol–water partition coefficient (Wildman–Crippen LogP) is 6.46. The van der Waals surface area contributed by atoms with Crippen LogP contribution in [0.4, 0.5) is 40.8 Å². The maximum atomic E-state index is 14.2. The van der Waals surface area contributed by atoms with Crippen LogP contribution in [0.2, 0.25) is 5.02 Å². The van der Waals surface area contributed by atoms with Gasteiger partial charge in [-0.15, -0.1) is 0 Å². The normalized spacial score (nSPS) is 18.8. The van der Waals surface area contributed by atoms with Gasteiger partial charge in [0.05, 0.1) is 11.2 Å². The van der Waals surface area contributed by atoms with Crippen molar-refractivity contribution in [1.82, 2.24) is 24.8 Å². The predicted molar refractivity (Wildman–Crippen MR) is 191 cm³/mol. The minimum absolute atomic E-state index is 0.0138. The standard InChI is InChI=1S/C37H35ClF4N8O4/c1-22-2-11-28(27(39)18-22)44-29(51)31(53)50-17-15-35(20-50)14-16-49(19-35)30(52)23-3-9-26(10-4-23)43-32-45-33(47-34(46-32)54-21-37(40,41)42)48-36(12-13-36)24-5-7-25(38)8-6-24/h2-11,18H,12-17,19-21H2,1H3,(H,44,51)(H2,43,45,46,47,48). The van der Waals surface area contributed by atoms with Crippen molar-refractivity contribution in [3.63, 3.8) is 0 Å². The van der Waals surface area contributed by atoms with E-state index < -0.39 is 42.0 Å². The molecule has 1 unspecified atom stereocenters. The molecule has 282 valence electrons. The summed E-state index contributed by atoms with van der Waals surface area (Å²) in [6.07, 6.45) is -1.89. The number of hydrogen-bond acceptors (Lipinski definition) is 9. The molecule has 1 aromatic heterocycles. The molecule has 2 aliphatic heterocycles. The second-order valence-electron chi connectivity index (χ2n) is 14.0. The quantitative estimate of drug-likeness (QED) is 0.129. The number of nitrogens with zero attached hydrogens (tertiary/aromatic N) is 5. The fourth-order valence-electron chi connectivity index (χ4n) is 6.87. The third kappa shape index (κ3) is 8.33. The molecule has 1 spiro atoms. The van der Waals surface area contributed by atoms with Gasteiger partial charge in [-0.2, -0.15) is 28.1 Å². The monoisotopic (exact) mass is 766 g/mol. The highest BCUT2D eigenvalue weighted by Gasteiger charge is 2.47. The van der Waals surface area contributed by atoms with Crippen molar-refractivity contribution in [2.45, 2.75) is 44.3 Å². The highest BCUT2D eigenvalue weighted by molar-refractivity contribution is 6.39. The van der Waals surface area contributed by atoms with Crippen molar-refractivity contribution in [1.29, 1.82) is 0 Å². The van der Waals surface area contributed by atoms with Crippen LogP contribution in [0.5, 0.6) is 6.01 Å². The average molecular weight is 767 g/mol. The van der Waals surface area contributed by atoms with E-state index in [0.29, 0.717) is 60.9 Å². The molecule has 1 aliphatic carbocycles. The van der Waals surface area contributed by atoms with Gasteiger partial charge in [-0.05, 0) is 92.3 Å². The molecule has 2 saturated heterocycles. The minimum Gasteiger partial charge on any atom is -0.454 e. The molecule has 17 heteroatoms. The van der Waals surface area contributed by atoms with Crippen LogP contribution in [0.1, 0.15) is 47.2 Å². The lowest BCUT2D eigenvalue weighted by Crippen LogP contribution is -2.40. The summed E-state index contributed by atoms with van der Waals surface area (Å²) in [5.74, 6) is -2.59. The molecule has 3 N–H and O–H groups in total. The molecular weight excluding hydrogens is 732 g/mol. The summed E-state index contributed by atoms with van der Waals surface area (Å²) in [6.45, 7) is 1.60. The number of likely N-dealkylation sites (tertiary alicyclic amines) is 2. The Balaban J connectivity index is 0.982. The van der Waals surface area contributed by atoms with Gasteiger partial charge in [-0.25, -0.2) is 4.39 Å². The van der Waals surface area contributed by atoms with Crippen LogP contribution in [0.3, 0.4) is 0 Å². The van der Waals surface area contributed by atoms with Crippen molar-refractivity contribution in [2.24, 2.45) is 5.41 Å². The Morgan fingerprint density at radius 3 is 2.20 bits per heavy atom. The first-order valence-corrected chi connectivity index (χ1v) is 17.6. The number of aryl methyl sites for hydroxylation is 1. The van der Waals surface area contributed by atoms with E-state index in [2.05, 4.69) is 30.9 Å². The number of anilines is 4. The number of amides is 3. The maximum absolute atomic E-state index is 14.2. The summed E-state index contributed by atoms with van der Waals surface area (Å²) in [6, 6.07) is 17.5. The lowest BCUT2D eigenvalue weighted by Gasteiger charge is -2.24. The van der Waals surface area contributed by atoms with Crippen molar-refractivity contribution >= 4 is 52.6 Å². The van der Waals surface area contributed by atoms with Crippen LogP contribution in [0.15, 0.2) is 66.7 Å². The topological polar surface area (TPSA) is 142 Å². The first kappa shape index (κ1) is 36.8. The molecule has 3 heterocycles. The van der Waals surface area contributed by atoms with Gasteiger partial charge in [-0.3, -0.25) is 14.4 Å². The molecule has 1 atom stereocenters. The number of halogens is 5. The Morgan fingerprint density at radius 2 is 1.54 bits per heavy atom. The zero-order chi connectivity index (χ0) is 38.3. The van der Waals surface area contributed by atoms with Crippen molar-refractivity contribution in [2.75, 3.05) is 48.7 Å². The molecular formula is C37H35ClF4N8O4. The second-order valence-corrected chi connectivity index (χ2v) is 14.4. The summed E-state index contributed by atoms with van der Waals surface area (Å²) in [7, 11) is 0. The minimum atomic E-state index is -4.61. The molecule has 0 bridgehead atoms. The summed E-state index contributed by atoms with van der Waals surface area (Å²) in [4.78, 5) is 54.8. The van der Waals surface area contributed by atoms with Crippen molar-refractivity contribution in [3.05, 3.63) is 94.3 Å². The van der Waals surface area contributed by atoms with E-state index in [-0.39, 0.29) is 28.9 Å². The van der Waals surface area contributed by atoms with E-state index in [1.807, 2.05) is 12.1 Å². The number of ether oxygens (including phenoxy) is 1. The molecule has 12 nitrogen and oxygen atoms in total. The highest BCUT2D eigenvalue weighted by Crippen LogP contribution is 2.48. The third-order valence-electron chi connectivity index (χ3n) is 9.88. The van der Waals surface area contributed by atoms with Gasteiger partial charge in [0, 0.05) is 47.9 Å². The van der Waals surface area contributed by atoms with Gasteiger partial charge < -0.3 is 30.5 Å². The lowest BCUT2D eigenvalue weighted by atomic mass is 9.86. The number of alkyl halides is 3. The fourth-order valence-corrected chi connectivity index (χ4v) is 7.00. The summed E-state index contributed by atoms with van der Waals surface area (Å²) >= 11 is 6.04. The van der Waals surface area contributed by atoms with Gasteiger partial charge in [0.15, 0.2) is 6.61 Å². The fraction of sp³-hybridized carbons (Fsp3) is 0.351. The Hall–Kier alpha value is -5.51. The average Bonchev–Trinajstić information content (AvgIpc) is 3.60. The van der Waals surface area contributed by atoms with Crippen LogP contribution in [-0.2, 0) is 15.1 Å². The SMILES string of the molecule is Cc1ccc(NC(=O)C(=O)N2CCC3(CCN(C(=O)c4ccc(Nc5nc(NC6(c7ccc(Cl)cc7)CC6)nc(OCC(F)(F)F)n5)cc4)C3)C2)c(F)c1. The summed E-state index contributed by atoms with van der Waals surface area (Å²) in [5.41, 5.74) is 1.49. The Morgan fingerprint density at radius 1 is 0.870 bits per heavy atom. The van der Waals surface area contributed by atoms with Crippen LogP contribution < -0.4 is 20.7 Å². The molecule has 3 aliphatic rings. The van der Waals surface area contributed by atoms with Gasteiger partial charge in [0.25, 0.3) is 5.91 Å². The zero-order valence-corrected chi connectivity index (χ0v) is 29.7. The lowest BCUT2D eigenvalue weighted by molar-refractivity contribution is -0.154. The smallest absolute Gasteiger partial charge is 0.422 e. The first-order chi connectivity index (χ1) is 25.7. The molecule has 7 rings (SSSR count). The van der Waals surface area contributed by atoms with Crippen LogP contribution in [0.25, 0.3) is 0 Å². The maximum Gasteiger partial charge on any atom is 0.422 e.